The molecule has 0 atom stereocenters. The number of benzene rings is 1. The van der Waals surface area contributed by atoms with Crippen molar-refractivity contribution in [1.82, 2.24) is 10.2 Å². The largest absolute Gasteiger partial charge is 0.379 e. The summed E-state index contributed by atoms with van der Waals surface area (Å²) in [6.45, 7) is 11.6. The van der Waals surface area contributed by atoms with Crippen LogP contribution in [0.4, 0.5) is 0 Å². The summed E-state index contributed by atoms with van der Waals surface area (Å²) in [4.78, 5) is 14.2. The Bertz CT molecular complexity index is 491. The molecular formula is C18H28N2O2S. The third-order valence-corrected chi connectivity index (χ3v) is 4.93. The molecule has 1 saturated heterocycles. The highest BCUT2D eigenvalue weighted by Crippen LogP contribution is 2.22. The first-order valence-corrected chi connectivity index (χ1v) is 9.19. The van der Waals surface area contributed by atoms with Gasteiger partial charge >= 0.3 is 0 Å². The van der Waals surface area contributed by atoms with Crippen LogP contribution in [0.25, 0.3) is 0 Å². The Balaban J connectivity index is 1.73. The van der Waals surface area contributed by atoms with Gasteiger partial charge in [0.2, 0.25) is 5.91 Å². The average molecular weight is 337 g/mol. The van der Waals surface area contributed by atoms with Crippen molar-refractivity contribution >= 4 is 17.7 Å². The molecular weight excluding hydrogens is 308 g/mol. The second-order valence-electron chi connectivity index (χ2n) is 6.88. The minimum atomic E-state index is 0.0994. The molecule has 1 amide bonds. The fraction of sp³-hybridized carbons (Fsp3) is 0.611. The number of rotatable bonds is 6. The Labute approximate surface area is 144 Å². The normalized spacial score (nSPS) is 16.3. The highest BCUT2D eigenvalue weighted by molar-refractivity contribution is 8.01. The number of amides is 1. The van der Waals surface area contributed by atoms with E-state index in [0.717, 1.165) is 38.4 Å². The van der Waals surface area contributed by atoms with Gasteiger partial charge in [0.25, 0.3) is 0 Å². The van der Waals surface area contributed by atoms with Gasteiger partial charge in [-0.2, -0.15) is 0 Å². The molecule has 0 bridgehead atoms. The molecule has 0 aromatic heterocycles. The van der Waals surface area contributed by atoms with Crippen molar-refractivity contribution in [2.24, 2.45) is 0 Å². The molecule has 0 saturated carbocycles. The van der Waals surface area contributed by atoms with Gasteiger partial charge in [-0.1, -0.05) is 45.0 Å². The van der Waals surface area contributed by atoms with E-state index in [9.17, 15) is 4.79 Å². The van der Waals surface area contributed by atoms with Crippen LogP contribution in [-0.4, -0.2) is 47.6 Å². The van der Waals surface area contributed by atoms with Crippen molar-refractivity contribution in [2.75, 3.05) is 32.1 Å². The predicted octanol–water partition coefficient (Wildman–Crippen LogP) is 2.67. The van der Waals surface area contributed by atoms with Crippen molar-refractivity contribution < 1.29 is 9.53 Å². The summed E-state index contributed by atoms with van der Waals surface area (Å²) in [5, 5.41) is 2.99. The molecule has 0 unspecified atom stereocenters. The molecule has 5 heteroatoms. The van der Waals surface area contributed by atoms with Crippen molar-refractivity contribution in [1.29, 1.82) is 0 Å². The molecule has 1 N–H and O–H groups in total. The van der Waals surface area contributed by atoms with Gasteiger partial charge < -0.3 is 10.1 Å². The van der Waals surface area contributed by atoms with Crippen molar-refractivity contribution in [3.63, 3.8) is 0 Å². The minimum absolute atomic E-state index is 0.0994. The Hall–Kier alpha value is -1.04. The molecule has 4 nitrogen and oxygen atoms in total. The second-order valence-corrected chi connectivity index (χ2v) is 8.68. The van der Waals surface area contributed by atoms with Crippen molar-refractivity contribution in [3.05, 3.63) is 35.4 Å². The summed E-state index contributed by atoms with van der Waals surface area (Å²) >= 11 is 1.67. The molecule has 0 aliphatic carbocycles. The van der Waals surface area contributed by atoms with Crippen LogP contribution in [0.15, 0.2) is 24.3 Å². The number of carbonyl (C=O) groups is 1. The SMILES string of the molecule is CC(C)(C)SCC(=O)NCc1ccc(CN2CCOCC2)cc1. The van der Waals surface area contributed by atoms with Crippen LogP contribution in [0.3, 0.4) is 0 Å². The van der Waals surface area contributed by atoms with Crippen LogP contribution in [0.1, 0.15) is 31.9 Å². The van der Waals surface area contributed by atoms with Crippen molar-refractivity contribution in [3.8, 4) is 0 Å². The number of hydrogen-bond donors (Lipinski definition) is 1. The number of nitrogens with one attached hydrogen (secondary N) is 1. The number of morpholine rings is 1. The quantitative estimate of drug-likeness (QED) is 0.867. The first-order valence-electron chi connectivity index (χ1n) is 8.21. The van der Waals surface area contributed by atoms with Gasteiger partial charge in [0, 0.05) is 30.9 Å². The molecule has 1 heterocycles. The van der Waals surface area contributed by atoms with Crippen LogP contribution < -0.4 is 5.32 Å². The van der Waals surface area contributed by atoms with Crippen LogP contribution in [0.5, 0.6) is 0 Å². The molecule has 0 radical (unpaired) electrons. The Morgan fingerprint density at radius 2 is 1.78 bits per heavy atom. The number of ether oxygens (including phenoxy) is 1. The topological polar surface area (TPSA) is 41.6 Å². The molecule has 1 aliphatic rings. The molecule has 128 valence electrons. The first-order chi connectivity index (χ1) is 10.9. The highest BCUT2D eigenvalue weighted by Gasteiger charge is 2.13. The summed E-state index contributed by atoms with van der Waals surface area (Å²) in [5.74, 6) is 0.612. The van der Waals surface area contributed by atoms with E-state index in [2.05, 4.69) is 55.3 Å². The molecule has 1 aromatic rings. The molecule has 2 rings (SSSR count). The third-order valence-electron chi connectivity index (χ3n) is 3.66. The standard InChI is InChI=1S/C18H28N2O2S/c1-18(2,3)23-14-17(21)19-12-15-4-6-16(7-5-15)13-20-8-10-22-11-9-20/h4-7H,8-14H2,1-3H3,(H,19,21). The van der Waals surface area contributed by atoms with Gasteiger partial charge in [-0.25, -0.2) is 0 Å². The summed E-state index contributed by atoms with van der Waals surface area (Å²) in [6.07, 6.45) is 0. The molecule has 23 heavy (non-hydrogen) atoms. The average Bonchev–Trinajstić information content (AvgIpc) is 2.52. The summed E-state index contributed by atoms with van der Waals surface area (Å²) in [6, 6.07) is 8.52. The number of thioether (sulfide) groups is 1. The Kier molecular flexibility index (Phi) is 6.93. The molecule has 1 aliphatic heterocycles. The maximum atomic E-state index is 11.8. The monoisotopic (exact) mass is 336 g/mol. The van der Waals surface area contributed by atoms with Gasteiger partial charge in [0.15, 0.2) is 0 Å². The lowest BCUT2D eigenvalue weighted by Crippen LogP contribution is -2.35. The van der Waals surface area contributed by atoms with E-state index in [1.54, 1.807) is 11.8 Å². The maximum Gasteiger partial charge on any atom is 0.230 e. The van der Waals surface area contributed by atoms with Gasteiger partial charge in [-0.15, -0.1) is 11.8 Å². The van der Waals surface area contributed by atoms with E-state index in [4.69, 9.17) is 4.74 Å². The smallest absolute Gasteiger partial charge is 0.230 e. The number of carbonyl (C=O) groups excluding carboxylic acids is 1. The van der Waals surface area contributed by atoms with Gasteiger partial charge in [0.1, 0.15) is 0 Å². The van der Waals surface area contributed by atoms with Gasteiger partial charge in [-0.05, 0) is 11.1 Å². The van der Waals surface area contributed by atoms with Crippen LogP contribution >= 0.6 is 11.8 Å². The van der Waals surface area contributed by atoms with E-state index in [1.165, 1.54) is 5.56 Å². The lowest BCUT2D eigenvalue weighted by molar-refractivity contribution is -0.118. The summed E-state index contributed by atoms with van der Waals surface area (Å²) < 4.78 is 5.49. The lowest BCUT2D eigenvalue weighted by Gasteiger charge is -2.26. The molecule has 1 aromatic carbocycles. The second kappa shape index (κ2) is 8.71. The van der Waals surface area contributed by atoms with Crippen LogP contribution in [0.2, 0.25) is 0 Å². The van der Waals surface area contributed by atoms with Gasteiger partial charge in [0.05, 0.1) is 19.0 Å². The minimum Gasteiger partial charge on any atom is -0.379 e. The zero-order valence-electron chi connectivity index (χ0n) is 14.4. The van der Waals surface area contributed by atoms with Crippen LogP contribution in [-0.2, 0) is 22.6 Å². The fourth-order valence-corrected chi connectivity index (χ4v) is 2.98. The Morgan fingerprint density at radius 3 is 2.39 bits per heavy atom. The van der Waals surface area contributed by atoms with E-state index in [0.29, 0.717) is 12.3 Å². The first kappa shape index (κ1) is 18.3. The van der Waals surface area contributed by atoms with E-state index >= 15 is 0 Å². The van der Waals surface area contributed by atoms with E-state index < -0.39 is 0 Å². The highest BCUT2D eigenvalue weighted by atomic mass is 32.2. The zero-order valence-corrected chi connectivity index (χ0v) is 15.2. The summed E-state index contributed by atoms with van der Waals surface area (Å²) in [5.41, 5.74) is 2.45. The van der Waals surface area contributed by atoms with Gasteiger partial charge in [-0.3, -0.25) is 9.69 Å². The summed E-state index contributed by atoms with van der Waals surface area (Å²) in [7, 11) is 0. The zero-order chi connectivity index (χ0) is 16.7. The fourth-order valence-electron chi connectivity index (χ4n) is 2.31. The third kappa shape index (κ3) is 7.38. The maximum absolute atomic E-state index is 11.8. The number of nitrogens with zero attached hydrogens (tertiary/aromatic N) is 1. The van der Waals surface area contributed by atoms with E-state index in [-0.39, 0.29) is 10.7 Å². The van der Waals surface area contributed by atoms with Crippen LogP contribution in [0, 0.1) is 0 Å². The predicted molar refractivity (Wildman–Crippen MR) is 96.6 cm³/mol. The van der Waals surface area contributed by atoms with Crippen molar-refractivity contribution in [2.45, 2.75) is 38.6 Å². The molecule has 0 spiro atoms. The molecule has 1 fully saturated rings. The Morgan fingerprint density at radius 1 is 1.17 bits per heavy atom. The lowest BCUT2D eigenvalue weighted by atomic mass is 10.1. The number of hydrogen-bond acceptors (Lipinski definition) is 4. The van der Waals surface area contributed by atoms with E-state index in [1.807, 2.05) is 0 Å².